The zero-order chi connectivity index (χ0) is 16.8. The highest BCUT2D eigenvalue weighted by atomic mass is 32.2. The average molecular weight is 329 g/mol. The van der Waals surface area contributed by atoms with Gasteiger partial charge in [-0.3, -0.25) is 4.79 Å². The Bertz CT molecular complexity index is 580. The van der Waals surface area contributed by atoms with E-state index in [-0.39, 0.29) is 17.2 Å². The molecule has 1 rings (SSSR count). The number of hydrogen-bond acceptors (Lipinski definition) is 4. The minimum absolute atomic E-state index is 0.0198. The Morgan fingerprint density at radius 3 is 2.32 bits per heavy atom. The SMILES string of the molecule is CCCOc1ccc(S(=O)(=O)N[C@@H](CC(C)C)C(=O)O)cc1. The lowest BCUT2D eigenvalue weighted by Crippen LogP contribution is -2.41. The van der Waals surface area contributed by atoms with Crippen molar-refractivity contribution >= 4 is 16.0 Å². The summed E-state index contributed by atoms with van der Waals surface area (Å²) < 4.78 is 32.1. The van der Waals surface area contributed by atoms with Gasteiger partial charge in [0.05, 0.1) is 11.5 Å². The van der Waals surface area contributed by atoms with Crippen molar-refractivity contribution in [3.8, 4) is 5.75 Å². The molecule has 0 aliphatic rings. The number of carboxylic acid groups (broad SMARTS) is 1. The van der Waals surface area contributed by atoms with E-state index in [1.807, 2.05) is 20.8 Å². The van der Waals surface area contributed by atoms with Gasteiger partial charge in [-0.05, 0) is 43.0 Å². The van der Waals surface area contributed by atoms with Crippen molar-refractivity contribution in [2.75, 3.05) is 6.61 Å². The molecule has 124 valence electrons. The van der Waals surface area contributed by atoms with Crippen molar-refractivity contribution < 1.29 is 23.1 Å². The molecule has 0 aromatic heterocycles. The number of ether oxygens (including phenoxy) is 1. The van der Waals surface area contributed by atoms with Gasteiger partial charge in [0, 0.05) is 0 Å². The van der Waals surface area contributed by atoms with Crippen molar-refractivity contribution in [3.63, 3.8) is 0 Å². The lowest BCUT2D eigenvalue weighted by Gasteiger charge is -2.16. The van der Waals surface area contributed by atoms with E-state index in [1.165, 1.54) is 12.1 Å². The molecule has 0 saturated carbocycles. The number of aliphatic carboxylic acids is 1. The molecule has 0 bridgehead atoms. The Kier molecular flexibility index (Phi) is 6.83. The van der Waals surface area contributed by atoms with Crippen LogP contribution in [-0.4, -0.2) is 32.1 Å². The van der Waals surface area contributed by atoms with Crippen molar-refractivity contribution in [1.29, 1.82) is 0 Å². The molecule has 0 fully saturated rings. The topological polar surface area (TPSA) is 92.7 Å². The third-order valence-electron chi connectivity index (χ3n) is 2.91. The van der Waals surface area contributed by atoms with E-state index in [2.05, 4.69) is 4.72 Å². The Hall–Kier alpha value is -1.60. The number of sulfonamides is 1. The van der Waals surface area contributed by atoms with E-state index in [4.69, 9.17) is 9.84 Å². The van der Waals surface area contributed by atoms with Crippen LogP contribution in [0.4, 0.5) is 0 Å². The van der Waals surface area contributed by atoms with Crippen molar-refractivity contribution in [1.82, 2.24) is 4.72 Å². The van der Waals surface area contributed by atoms with Gasteiger partial charge in [-0.1, -0.05) is 20.8 Å². The summed E-state index contributed by atoms with van der Waals surface area (Å²) in [5.74, 6) is -0.536. The van der Waals surface area contributed by atoms with Gasteiger partial charge in [0.25, 0.3) is 0 Å². The van der Waals surface area contributed by atoms with Gasteiger partial charge < -0.3 is 9.84 Å². The summed E-state index contributed by atoms with van der Waals surface area (Å²) in [5.41, 5.74) is 0. The van der Waals surface area contributed by atoms with E-state index in [9.17, 15) is 13.2 Å². The molecule has 22 heavy (non-hydrogen) atoms. The molecule has 0 aliphatic carbocycles. The van der Waals surface area contributed by atoms with Crippen LogP contribution in [0.15, 0.2) is 29.2 Å². The van der Waals surface area contributed by atoms with E-state index >= 15 is 0 Å². The lowest BCUT2D eigenvalue weighted by atomic mass is 10.1. The highest BCUT2D eigenvalue weighted by Gasteiger charge is 2.26. The minimum atomic E-state index is -3.87. The molecule has 1 atom stereocenters. The van der Waals surface area contributed by atoms with Crippen LogP contribution in [-0.2, 0) is 14.8 Å². The highest BCUT2D eigenvalue weighted by Crippen LogP contribution is 2.17. The van der Waals surface area contributed by atoms with Crippen LogP contribution in [0.2, 0.25) is 0 Å². The minimum Gasteiger partial charge on any atom is -0.494 e. The zero-order valence-corrected chi connectivity index (χ0v) is 13.9. The Balaban J connectivity index is 2.86. The average Bonchev–Trinajstić information content (AvgIpc) is 2.44. The number of rotatable bonds is 9. The summed E-state index contributed by atoms with van der Waals surface area (Å²) in [4.78, 5) is 11.2. The zero-order valence-electron chi connectivity index (χ0n) is 13.1. The first kappa shape index (κ1) is 18.4. The van der Waals surface area contributed by atoms with E-state index in [1.54, 1.807) is 12.1 Å². The maximum absolute atomic E-state index is 12.2. The fourth-order valence-electron chi connectivity index (χ4n) is 1.86. The summed E-state index contributed by atoms with van der Waals surface area (Å²) in [6.07, 6.45) is 1.09. The predicted molar refractivity (Wildman–Crippen MR) is 83.4 cm³/mol. The highest BCUT2D eigenvalue weighted by molar-refractivity contribution is 7.89. The molecule has 6 nitrogen and oxygen atoms in total. The summed E-state index contributed by atoms with van der Waals surface area (Å²) in [7, 11) is -3.87. The van der Waals surface area contributed by atoms with Gasteiger partial charge in [0.1, 0.15) is 11.8 Å². The van der Waals surface area contributed by atoms with Gasteiger partial charge in [0.2, 0.25) is 10.0 Å². The molecule has 1 aromatic carbocycles. The first-order valence-corrected chi connectivity index (χ1v) is 8.72. The van der Waals surface area contributed by atoms with Crippen molar-refractivity contribution in [3.05, 3.63) is 24.3 Å². The normalized spacial score (nSPS) is 13.1. The molecule has 0 unspecified atom stereocenters. The van der Waals surface area contributed by atoms with E-state index < -0.39 is 22.0 Å². The maximum Gasteiger partial charge on any atom is 0.321 e. The molecule has 0 radical (unpaired) electrons. The van der Waals surface area contributed by atoms with Crippen LogP contribution in [0.25, 0.3) is 0 Å². The van der Waals surface area contributed by atoms with Gasteiger partial charge in [-0.25, -0.2) is 8.42 Å². The second kappa shape index (κ2) is 8.14. The molecule has 0 amide bonds. The van der Waals surface area contributed by atoms with Crippen LogP contribution < -0.4 is 9.46 Å². The van der Waals surface area contributed by atoms with E-state index in [0.29, 0.717) is 12.4 Å². The first-order valence-electron chi connectivity index (χ1n) is 7.24. The molecule has 0 spiro atoms. The van der Waals surface area contributed by atoms with Gasteiger partial charge in [-0.2, -0.15) is 4.72 Å². The number of benzene rings is 1. The third kappa shape index (κ3) is 5.65. The molecule has 0 aliphatic heterocycles. The quantitative estimate of drug-likeness (QED) is 0.725. The molecule has 1 aromatic rings. The summed E-state index contributed by atoms with van der Waals surface area (Å²) in [6.45, 7) is 6.21. The van der Waals surface area contributed by atoms with Gasteiger partial charge >= 0.3 is 5.97 Å². The molecule has 0 saturated heterocycles. The van der Waals surface area contributed by atoms with E-state index in [0.717, 1.165) is 6.42 Å². The van der Waals surface area contributed by atoms with Gasteiger partial charge in [-0.15, -0.1) is 0 Å². The monoisotopic (exact) mass is 329 g/mol. The van der Waals surface area contributed by atoms with Gasteiger partial charge in [0.15, 0.2) is 0 Å². The third-order valence-corrected chi connectivity index (χ3v) is 4.40. The largest absolute Gasteiger partial charge is 0.494 e. The second-order valence-corrected chi connectivity index (χ2v) is 7.18. The molecular formula is C15H23NO5S. The summed E-state index contributed by atoms with van der Waals surface area (Å²) >= 11 is 0. The second-order valence-electron chi connectivity index (χ2n) is 5.46. The number of nitrogens with one attached hydrogen (secondary N) is 1. The standard InChI is InChI=1S/C15H23NO5S/c1-4-9-21-12-5-7-13(8-6-12)22(19,20)16-14(15(17)18)10-11(2)3/h5-8,11,14,16H,4,9-10H2,1-3H3,(H,17,18)/t14-/m0/s1. The maximum atomic E-state index is 12.2. The smallest absolute Gasteiger partial charge is 0.321 e. The summed E-state index contributed by atoms with van der Waals surface area (Å²) in [6, 6.07) is 4.79. The molecular weight excluding hydrogens is 306 g/mol. The van der Waals surface area contributed by atoms with Crippen LogP contribution in [0.1, 0.15) is 33.6 Å². The predicted octanol–water partition coefficient (Wildman–Crippen LogP) is 2.25. The first-order chi connectivity index (χ1) is 10.3. The van der Waals surface area contributed by atoms with Crippen LogP contribution >= 0.6 is 0 Å². The van der Waals surface area contributed by atoms with Crippen molar-refractivity contribution in [2.24, 2.45) is 5.92 Å². The molecule has 2 N–H and O–H groups in total. The summed E-state index contributed by atoms with van der Waals surface area (Å²) in [5, 5.41) is 9.13. The Morgan fingerprint density at radius 1 is 1.27 bits per heavy atom. The number of carboxylic acids is 1. The van der Waals surface area contributed by atoms with Crippen molar-refractivity contribution in [2.45, 2.75) is 44.6 Å². The van der Waals surface area contributed by atoms with Crippen LogP contribution in [0, 0.1) is 5.92 Å². The Labute approximate surface area is 131 Å². The molecule has 0 heterocycles. The fourth-order valence-corrected chi connectivity index (χ4v) is 3.06. The number of carbonyl (C=O) groups is 1. The molecule has 7 heteroatoms. The number of hydrogen-bond donors (Lipinski definition) is 2. The fraction of sp³-hybridized carbons (Fsp3) is 0.533. The Morgan fingerprint density at radius 2 is 1.86 bits per heavy atom. The lowest BCUT2D eigenvalue weighted by molar-refractivity contribution is -0.139. The van der Waals surface area contributed by atoms with Crippen LogP contribution in [0.3, 0.4) is 0 Å². The van der Waals surface area contributed by atoms with Crippen LogP contribution in [0.5, 0.6) is 5.75 Å².